The lowest BCUT2D eigenvalue weighted by atomic mass is 10.0. The summed E-state index contributed by atoms with van der Waals surface area (Å²) >= 11 is 6.64. The molecule has 0 radical (unpaired) electrons. The summed E-state index contributed by atoms with van der Waals surface area (Å²) in [7, 11) is 0. The van der Waals surface area contributed by atoms with Crippen molar-refractivity contribution < 1.29 is 14.3 Å². The fourth-order valence-electron chi connectivity index (χ4n) is 3.64. The third-order valence-electron chi connectivity index (χ3n) is 5.26. The number of aromatic carboxylic acids is 1. The van der Waals surface area contributed by atoms with E-state index in [0.717, 1.165) is 31.6 Å². The number of nitrogens with two attached hydrogens (primary N) is 1. The van der Waals surface area contributed by atoms with E-state index in [2.05, 4.69) is 4.90 Å². The van der Waals surface area contributed by atoms with Gasteiger partial charge in [-0.1, -0.05) is 11.6 Å². The zero-order chi connectivity index (χ0) is 18.6. The van der Waals surface area contributed by atoms with Crippen molar-refractivity contribution in [3.8, 4) is 0 Å². The number of pyridine rings is 1. The van der Waals surface area contributed by atoms with Gasteiger partial charge in [0.25, 0.3) is 0 Å². The number of nitrogens with zero attached hydrogens (tertiary/aromatic N) is 2. The molecule has 2 aliphatic rings. The SMILES string of the molecule is NC1CCN(c2ccc3c(=O)c(C(=O)O)cn([C@@H]4C[C@@H]4F)c3c2Cl)CC1. The molecule has 6 nitrogen and oxygen atoms in total. The van der Waals surface area contributed by atoms with Crippen LogP contribution in [0.2, 0.25) is 5.02 Å². The molecule has 1 saturated heterocycles. The number of hydrogen-bond donors (Lipinski definition) is 2. The molecule has 0 bridgehead atoms. The lowest BCUT2D eigenvalue weighted by Crippen LogP contribution is -2.39. The Balaban J connectivity index is 1.92. The maximum atomic E-state index is 13.7. The highest BCUT2D eigenvalue weighted by atomic mass is 35.5. The summed E-state index contributed by atoms with van der Waals surface area (Å²) in [4.78, 5) is 26.1. The molecule has 8 heteroatoms. The van der Waals surface area contributed by atoms with Crippen molar-refractivity contribution in [1.82, 2.24) is 4.57 Å². The highest BCUT2D eigenvalue weighted by Gasteiger charge is 2.40. The predicted octanol–water partition coefficient (Wildman–Crippen LogP) is 2.56. The Kier molecular flexibility index (Phi) is 4.16. The smallest absolute Gasteiger partial charge is 0.341 e. The van der Waals surface area contributed by atoms with Crippen LogP contribution < -0.4 is 16.1 Å². The average molecular weight is 380 g/mol. The summed E-state index contributed by atoms with van der Waals surface area (Å²) in [5, 5.41) is 9.86. The first-order valence-electron chi connectivity index (χ1n) is 8.63. The molecular weight excluding hydrogens is 361 g/mol. The molecule has 26 heavy (non-hydrogen) atoms. The third kappa shape index (κ3) is 2.75. The van der Waals surface area contributed by atoms with Gasteiger partial charge in [-0.2, -0.15) is 0 Å². The number of fused-ring (bicyclic) bond motifs is 1. The number of alkyl halides is 1. The van der Waals surface area contributed by atoms with E-state index in [1.54, 1.807) is 12.1 Å². The lowest BCUT2D eigenvalue weighted by Gasteiger charge is -2.33. The number of aromatic nitrogens is 1. The molecule has 2 aromatic rings. The van der Waals surface area contributed by atoms with Gasteiger partial charge in [-0.25, -0.2) is 9.18 Å². The van der Waals surface area contributed by atoms with Crippen molar-refractivity contribution in [1.29, 1.82) is 0 Å². The van der Waals surface area contributed by atoms with E-state index in [0.29, 0.717) is 10.5 Å². The van der Waals surface area contributed by atoms with Gasteiger partial charge < -0.3 is 20.3 Å². The molecule has 0 unspecified atom stereocenters. The quantitative estimate of drug-likeness (QED) is 0.855. The number of anilines is 1. The summed E-state index contributed by atoms with van der Waals surface area (Å²) in [6, 6.07) is 3.00. The molecule has 138 valence electrons. The van der Waals surface area contributed by atoms with Crippen LogP contribution in [0.1, 0.15) is 35.7 Å². The Morgan fingerprint density at radius 1 is 1.31 bits per heavy atom. The fourth-order valence-corrected chi connectivity index (χ4v) is 4.02. The zero-order valence-electron chi connectivity index (χ0n) is 14.0. The zero-order valence-corrected chi connectivity index (χ0v) is 14.7. The molecule has 1 aromatic heterocycles. The molecule has 2 fully saturated rings. The van der Waals surface area contributed by atoms with Gasteiger partial charge in [-0.05, 0) is 25.0 Å². The molecule has 1 aliphatic carbocycles. The van der Waals surface area contributed by atoms with Gasteiger partial charge >= 0.3 is 5.97 Å². The first-order chi connectivity index (χ1) is 12.4. The summed E-state index contributed by atoms with van der Waals surface area (Å²) in [6.07, 6.45) is 2.13. The molecule has 3 N–H and O–H groups in total. The number of hydrogen-bond acceptors (Lipinski definition) is 4. The molecule has 4 rings (SSSR count). The van der Waals surface area contributed by atoms with Crippen molar-refractivity contribution in [2.75, 3.05) is 18.0 Å². The van der Waals surface area contributed by atoms with Crippen molar-refractivity contribution in [3.63, 3.8) is 0 Å². The van der Waals surface area contributed by atoms with Crippen LogP contribution >= 0.6 is 11.6 Å². The van der Waals surface area contributed by atoms with E-state index in [-0.39, 0.29) is 23.4 Å². The van der Waals surface area contributed by atoms with Crippen LogP contribution in [0.15, 0.2) is 23.1 Å². The summed E-state index contributed by atoms with van der Waals surface area (Å²) in [5.41, 5.74) is 6.14. The van der Waals surface area contributed by atoms with Gasteiger partial charge in [0.05, 0.1) is 22.3 Å². The van der Waals surface area contributed by atoms with E-state index in [9.17, 15) is 19.1 Å². The van der Waals surface area contributed by atoms with E-state index in [4.69, 9.17) is 17.3 Å². The Morgan fingerprint density at radius 2 is 1.96 bits per heavy atom. The Labute approximate surface area is 154 Å². The molecular formula is C18H19ClFN3O3. The van der Waals surface area contributed by atoms with Crippen molar-refractivity contribution in [2.45, 2.75) is 37.5 Å². The number of piperidine rings is 1. The minimum absolute atomic E-state index is 0.167. The van der Waals surface area contributed by atoms with Gasteiger partial charge in [-0.3, -0.25) is 4.79 Å². The second-order valence-corrected chi connectivity index (χ2v) is 7.40. The summed E-state index contributed by atoms with van der Waals surface area (Å²) in [5.74, 6) is -1.33. The maximum absolute atomic E-state index is 13.7. The molecule has 0 spiro atoms. The van der Waals surface area contributed by atoms with Crippen LogP contribution in [-0.4, -0.2) is 40.9 Å². The topological polar surface area (TPSA) is 88.6 Å². The van der Waals surface area contributed by atoms with Crippen LogP contribution in [-0.2, 0) is 0 Å². The Hall–Kier alpha value is -2.12. The number of carboxylic acids is 1. The van der Waals surface area contributed by atoms with Crippen LogP contribution in [0, 0.1) is 0 Å². The second-order valence-electron chi connectivity index (χ2n) is 7.02. The Morgan fingerprint density at radius 3 is 2.54 bits per heavy atom. The van der Waals surface area contributed by atoms with E-state index >= 15 is 0 Å². The summed E-state index contributed by atoms with van der Waals surface area (Å²) in [6.45, 7) is 1.50. The maximum Gasteiger partial charge on any atom is 0.341 e. The van der Waals surface area contributed by atoms with Crippen LogP contribution in [0.25, 0.3) is 10.9 Å². The van der Waals surface area contributed by atoms with Gasteiger partial charge in [0.15, 0.2) is 0 Å². The van der Waals surface area contributed by atoms with Gasteiger partial charge in [-0.15, -0.1) is 0 Å². The molecule has 1 aliphatic heterocycles. The number of carbonyl (C=O) groups is 1. The normalized spacial score (nSPS) is 23.4. The average Bonchev–Trinajstić information content (AvgIpc) is 3.33. The highest BCUT2D eigenvalue weighted by molar-refractivity contribution is 6.38. The molecule has 2 atom stereocenters. The van der Waals surface area contributed by atoms with Crippen molar-refractivity contribution >= 4 is 34.2 Å². The molecule has 1 saturated carbocycles. The van der Waals surface area contributed by atoms with Gasteiger partial charge in [0, 0.05) is 37.1 Å². The van der Waals surface area contributed by atoms with Crippen LogP contribution in [0.4, 0.5) is 10.1 Å². The van der Waals surface area contributed by atoms with Gasteiger partial charge in [0.2, 0.25) is 5.43 Å². The largest absolute Gasteiger partial charge is 0.477 e. The summed E-state index contributed by atoms with van der Waals surface area (Å²) < 4.78 is 15.3. The predicted molar refractivity (Wildman–Crippen MR) is 98.1 cm³/mol. The van der Waals surface area contributed by atoms with Gasteiger partial charge in [0.1, 0.15) is 11.7 Å². The first kappa shape index (κ1) is 17.3. The van der Waals surface area contributed by atoms with E-state index < -0.39 is 23.6 Å². The molecule has 0 amide bonds. The monoisotopic (exact) mass is 379 g/mol. The van der Waals surface area contributed by atoms with E-state index in [1.165, 1.54) is 10.8 Å². The van der Waals surface area contributed by atoms with Crippen LogP contribution in [0.3, 0.4) is 0 Å². The number of benzene rings is 1. The minimum Gasteiger partial charge on any atom is -0.477 e. The Bertz CT molecular complexity index is 953. The van der Waals surface area contributed by atoms with Crippen LogP contribution in [0.5, 0.6) is 0 Å². The highest BCUT2D eigenvalue weighted by Crippen LogP contribution is 2.43. The number of rotatable bonds is 3. The minimum atomic E-state index is -1.33. The number of halogens is 2. The standard InChI is InChI=1S/C18H19ClFN3O3/c19-15-13(22-5-3-9(21)4-6-22)2-1-10-16(15)23(14-7-12(14)20)8-11(17(10)24)18(25)26/h1-2,8-9,12,14H,3-7,21H2,(H,25,26)/t12-,14+/m0/s1. The third-order valence-corrected chi connectivity index (χ3v) is 5.63. The van der Waals surface area contributed by atoms with E-state index in [1.807, 2.05) is 0 Å². The lowest BCUT2D eigenvalue weighted by molar-refractivity contribution is 0.0694. The second kappa shape index (κ2) is 6.25. The van der Waals surface area contributed by atoms with Crippen molar-refractivity contribution in [3.05, 3.63) is 39.1 Å². The molecule has 1 aromatic carbocycles. The molecule has 2 heterocycles. The van der Waals surface area contributed by atoms with Crippen molar-refractivity contribution in [2.24, 2.45) is 5.73 Å². The number of carboxylic acid groups (broad SMARTS) is 1. The first-order valence-corrected chi connectivity index (χ1v) is 9.01. The fraction of sp³-hybridized carbons (Fsp3) is 0.444.